The molecule has 2 aromatic heterocycles. The average molecular weight is 958 g/mol. The van der Waals surface area contributed by atoms with E-state index in [4.69, 9.17) is 14.5 Å². The second kappa shape index (κ2) is 18.7. The van der Waals surface area contributed by atoms with Crippen molar-refractivity contribution < 1.29 is 50.2 Å². The van der Waals surface area contributed by atoms with E-state index in [0.29, 0.717) is 55.0 Å². The van der Waals surface area contributed by atoms with E-state index in [2.05, 4.69) is 25.3 Å². The molecule has 3 aromatic rings. The molecule has 15 nitrogen and oxygen atoms in total. The summed E-state index contributed by atoms with van der Waals surface area (Å²) in [6, 6.07) is 2.11. The molecule has 8 rings (SSSR count). The van der Waals surface area contributed by atoms with Gasteiger partial charge < -0.3 is 25.0 Å². The van der Waals surface area contributed by atoms with Gasteiger partial charge in [0.15, 0.2) is 0 Å². The Morgan fingerprint density at radius 2 is 1.74 bits per heavy atom. The molecule has 3 saturated carbocycles. The van der Waals surface area contributed by atoms with E-state index >= 15 is 0 Å². The number of nitrogens with one attached hydrogen (secondary N) is 3. The van der Waals surface area contributed by atoms with E-state index in [0.717, 1.165) is 36.3 Å². The minimum atomic E-state index is -5.02. The average Bonchev–Trinajstić information content (AvgIpc) is 4.08. The number of carbonyl (C=O) groups excluding carboxylic acids is 4. The van der Waals surface area contributed by atoms with Crippen molar-refractivity contribution in [1.29, 1.82) is 0 Å². The maximum absolute atomic E-state index is 14.9. The van der Waals surface area contributed by atoms with E-state index < -0.39 is 98.6 Å². The number of rotatable bonds is 9. The summed E-state index contributed by atoms with van der Waals surface area (Å²) < 4.78 is 85.0. The van der Waals surface area contributed by atoms with Crippen molar-refractivity contribution >= 4 is 56.2 Å². The Balaban J connectivity index is 1.13. The van der Waals surface area contributed by atoms with E-state index in [1.54, 1.807) is 39.0 Å². The molecule has 4 fully saturated rings. The number of alkyl carbamates (subject to hydrolysis) is 1. The number of allylic oxidation sites excluding steroid dienone is 1. The molecule has 0 radical (unpaired) electrons. The maximum Gasteiger partial charge on any atom is 0.438 e. The third-order valence-electron chi connectivity index (χ3n) is 13.3. The van der Waals surface area contributed by atoms with Crippen LogP contribution in [0.4, 0.5) is 18.0 Å². The molecule has 3 N–H and O–H groups in total. The van der Waals surface area contributed by atoms with E-state index in [1.165, 1.54) is 23.8 Å². The van der Waals surface area contributed by atoms with Gasteiger partial charge in [-0.25, -0.2) is 28.2 Å². The van der Waals surface area contributed by atoms with Gasteiger partial charge in [-0.05, 0) is 83.8 Å². The van der Waals surface area contributed by atoms with Crippen LogP contribution >= 0.6 is 11.3 Å². The summed E-state index contributed by atoms with van der Waals surface area (Å²) in [7, 11) is -4.07. The lowest BCUT2D eigenvalue weighted by atomic mass is 9.87. The first-order valence-electron chi connectivity index (χ1n) is 23.1. The molecule has 5 aliphatic rings. The quantitative estimate of drug-likeness (QED) is 0.178. The molecular formula is C46H58F3N7O8S2. The number of carbonyl (C=O) groups is 4. The Hall–Kier alpha value is -4.85. The number of para-hydroxylation sites is 1. The number of sulfonamides is 1. The van der Waals surface area contributed by atoms with Gasteiger partial charge in [0.05, 0.1) is 23.0 Å². The summed E-state index contributed by atoms with van der Waals surface area (Å²) in [6.45, 7) is 6.45. The number of alkyl halides is 3. The molecule has 4 heterocycles. The van der Waals surface area contributed by atoms with Crippen LogP contribution in [0.15, 0.2) is 35.7 Å². The number of halogens is 3. The topological polar surface area (TPSA) is 199 Å². The van der Waals surface area contributed by atoms with Crippen molar-refractivity contribution in [2.45, 2.75) is 164 Å². The van der Waals surface area contributed by atoms with Crippen molar-refractivity contribution in [3.05, 3.63) is 47.1 Å². The number of aromatic nitrogens is 3. The number of ether oxygens (including phenoxy) is 2. The number of hydrogen-bond donors (Lipinski definition) is 3. The Labute approximate surface area is 386 Å². The molecule has 0 spiro atoms. The van der Waals surface area contributed by atoms with Crippen LogP contribution in [-0.2, 0) is 35.3 Å². The van der Waals surface area contributed by atoms with Crippen molar-refractivity contribution in [2.24, 2.45) is 11.8 Å². The van der Waals surface area contributed by atoms with Crippen molar-refractivity contribution in [3.8, 4) is 16.5 Å². The van der Waals surface area contributed by atoms with Gasteiger partial charge in [-0.15, -0.1) is 11.3 Å². The van der Waals surface area contributed by atoms with Crippen LogP contribution in [-0.4, -0.2) is 93.2 Å². The predicted molar refractivity (Wildman–Crippen MR) is 240 cm³/mol. The van der Waals surface area contributed by atoms with Gasteiger partial charge in [0.2, 0.25) is 33.4 Å². The van der Waals surface area contributed by atoms with Gasteiger partial charge in [-0.1, -0.05) is 63.7 Å². The normalized spacial score (nSPS) is 28.3. The summed E-state index contributed by atoms with van der Waals surface area (Å²) in [5, 5.41) is 7.24. The first-order valence-corrected chi connectivity index (χ1v) is 25.5. The number of thiazole rings is 1. The number of amides is 4. The van der Waals surface area contributed by atoms with Gasteiger partial charge in [-0.3, -0.25) is 19.1 Å². The molecule has 20 heteroatoms. The minimum absolute atomic E-state index is 0.0307. The second-order valence-corrected chi connectivity index (χ2v) is 22.2. The van der Waals surface area contributed by atoms with Gasteiger partial charge >= 0.3 is 12.3 Å². The first kappa shape index (κ1) is 47.6. The van der Waals surface area contributed by atoms with Crippen LogP contribution < -0.4 is 20.1 Å². The smallest absolute Gasteiger partial charge is 0.438 e. The molecule has 3 aliphatic carbocycles. The summed E-state index contributed by atoms with van der Waals surface area (Å²) in [4.78, 5) is 71.0. The third kappa shape index (κ3) is 10.5. The van der Waals surface area contributed by atoms with E-state index in [1.807, 2.05) is 18.4 Å². The Morgan fingerprint density at radius 3 is 2.45 bits per heavy atom. The highest BCUT2D eigenvalue weighted by atomic mass is 32.2. The standard InChI is InChI=1S/C46H58F3N7O8S2/c1-5-26-21-35(26)66(61,62)55-42(59)45-23-28(45)17-12-7-6-8-13-19-32(52-43(60)64-44(2,3)4)41(58)56-24-29(22-34(56)38(57)54-45)63-39-37(46(47,48)49)50-31-20-14-18-30(36(31)53-39)40-51-33(25-65-40)27-15-10-9-11-16-27/h12,14,17-18,20,25-29,32,34-35H,5-11,13,15-16,19,21-24H2,1-4H3,(H,52,60)(H,54,57)(H,55,59)/b17-12-/t26?,28-,29?,32+,34+,35?,45-/m1/s1. The third-order valence-corrected chi connectivity index (χ3v) is 16.1. The van der Waals surface area contributed by atoms with E-state index in [-0.39, 0.29) is 36.2 Å². The van der Waals surface area contributed by atoms with Gasteiger partial charge in [0.1, 0.15) is 39.9 Å². The fraction of sp³-hybridized carbons (Fsp3) is 0.630. The van der Waals surface area contributed by atoms with Crippen LogP contribution in [0.2, 0.25) is 0 Å². The van der Waals surface area contributed by atoms with Crippen LogP contribution in [0, 0.1) is 11.8 Å². The second-order valence-electron chi connectivity index (χ2n) is 19.4. The number of hydrogen-bond acceptors (Lipinski definition) is 12. The number of benzene rings is 1. The van der Waals surface area contributed by atoms with Crippen LogP contribution in [0.5, 0.6) is 5.88 Å². The Morgan fingerprint density at radius 1 is 1.00 bits per heavy atom. The molecule has 1 aromatic carbocycles. The number of fused-ring (bicyclic) bond motifs is 3. The highest BCUT2D eigenvalue weighted by Crippen LogP contribution is 2.47. The summed E-state index contributed by atoms with van der Waals surface area (Å²) in [5.74, 6) is -3.69. The minimum Gasteiger partial charge on any atom is -0.471 e. The van der Waals surface area contributed by atoms with Gasteiger partial charge in [0.25, 0.3) is 5.91 Å². The summed E-state index contributed by atoms with van der Waals surface area (Å²) in [5.41, 5.74) is -2.50. The van der Waals surface area contributed by atoms with Crippen LogP contribution in [0.1, 0.15) is 135 Å². The fourth-order valence-electron chi connectivity index (χ4n) is 9.60. The number of nitrogens with zero attached hydrogens (tertiary/aromatic N) is 4. The first-order chi connectivity index (χ1) is 31.3. The lowest BCUT2D eigenvalue weighted by Gasteiger charge is -2.30. The van der Waals surface area contributed by atoms with Crippen LogP contribution in [0.25, 0.3) is 21.6 Å². The van der Waals surface area contributed by atoms with Crippen molar-refractivity contribution in [1.82, 2.24) is 35.2 Å². The highest BCUT2D eigenvalue weighted by molar-refractivity contribution is 7.91. The van der Waals surface area contributed by atoms with E-state index in [9.17, 15) is 40.8 Å². The summed E-state index contributed by atoms with van der Waals surface area (Å²) >= 11 is 1.37. The Kier molecular flexibility index (Phi) is 13.5. The molecule has 1 saturated heterocycles. The molecule has 0 bridgehead atoms. The maximum atomic E-state index is 14.9. The lowest BCUT2D eigenvalue weighted by molar-refractivity contribution is -0.143. The zero-order valence-electron chi connectivity index (χ0n) is 37.6. The van der Waals surface area contributed by atoms with Gasteiger partial charge in [-0.2, -0.15) is 13.2 Å². The van der Waals surface area contributed by atoms with Crippen molar-refractivity contribution in [2.75, 3.05) is 6.54 Å². The molecular weight excluding hydrogens is 900 g/mol. The fourth-order valence-corrected chi connectivity index (χ4v) is 12.3. The molecule has 358 valence electrons. The summed E-state index contributed by atoms with van der Waals surface area (Å²) in [6.07, 6.45) is 5.24. The monoisotopic (exact) mass is 957 g/mol. The Bertz CT molecular complexity index is 2490. The van der Waals surface area contributed by atoms with Crippen molar-refractivity contribution in [3.63, 3.8) is 0 Å². The molecule has 66 heavy (non-hydrogen) atoms. The zero-order chi connectivity index (χ0) is 47.2. The predicted octanol–water partition coefficient (Wildman–Crippen LogP) is 7.70. The molecule has 2 aliphatic heterocycles. The molecule has 7 atom stereocenters. The lowest BCUT2D eigenvalue weighted by Crippen LogP contribution is -2.58. The zero-order valence-corrected chi connectivity index (χ0v) is 39.3. The SMILES string of the molecule is CCC1CC1S(=O)(=O)NC(=O)[C@@]12C[C@H]1/C=C\CCCCC[C@H](NC(=O)OC(C)(C)C)C(=O)N1CC(Oc3nc4c(-c5nc(C6CCCCC6)cs5)cccc4nc3C(F)(F)F)C[C@H]1C(=O)N2. The highest BCUT2D eigenvalue weighted by Gasteiger charge is 2.62. The van der Waals surface area contributed by atoms with Crippen LogP contribution in [0.3, 0.4) is 0 Å². The molecule has 3 unspecified atom stereocenters. The molecule has 4 amide bonds. The largest absolute Gasteiger partial charge is 0.471 e. The van der Waals surface area contributed by atoms with Gasteiger partial charge in [0, 0.05) is 29.2 Å².